The van der Waals surface area contributed by atoms with Crippen molar-refractivity contribution in [1.29, 1.82) is 0 Å². The molecule has 12 heteroatoms. The van der Waals surface area contributed by atoms with Gasteiger partial charge in [-0.05, 0) is 38.2 Å². The summed E-state index contributed by atoms with van der Waals surface area (Å²) in [6.45, 7) is 5.67. The SMILES string of the molecule is COc1ccc(C(=O)Cc2c(Cl)cncc2Cl)c2cc(C(=O)NCCCN3CCN(C)CC3)oc12.Cl.Cl. The number of hydrogen-bond donors (Lipinski definition) is 1. The Morgan fingerprint density at radius 1 is 1.11 bits per heavy atom. The van der Waals surface area contributed by atoms with Gasteiger partial charge in [0.2, 0.25) is 0 Å². The zero-order valence-corrected chi connectivity index (χ0v) is 23.7. The molecule has 1 saturated heterocycles. The summed E-state index contributed by atoms with van der Waals surface area (Å²) in [5.74, 6) is 0.0107. The molecule has 2 aromatic heterocycles. The first-order valence-electron chi connectivity index (χ1n) is 11.5. The van der Waals surface area contributed by atoms with Crippen LogP contribution in [0.4, 0.5) is 0 Å². The summed E-state index contributed by atoms with van der Waals surface area (Å²) in [7, 11) is 3.63. The quantitative estimate of drug-likeness (QED) is 0.283. The summed E-state index contributed by atoms with van der Waals surface area (Å²) in [5.41, 5.74) is 1.23. The molecule has 1 amide bonds. The maximum Gasteiger partial charge on any atom is 0.287 e. The van der Waals surface area contributed by atoms with E-state index in [-0.39, 0.29) is 48.7 Å². The van der Waals surface area contributed by atoms with Crippen molar-refractivity contribution < 1.29 is 18.7 Å². The normalized spacial score (nSPS) is 14.1. The molecule has 0 radical (unpaired) electrons. The number of furan rings is 1. The van der Waals surface area contributed by atoms with Gasteiger partial charge in [-0.25, -0.2) is 0 Å². The van der Waals surface area contributed by atoms with E-state index in [0.717, 1.165) is 39.1 Å². The number of amides is 1. The number of ketones is 1. The van der Waals surface area contributed by atoms with Crippen LogP contribution in [-0.4, -0.2) is 79.9 Å². The predicted octanol–water partition coefficient (Wildman–Crippen LogP) is 4.78. The fourth-order valence-electron chi connectivity index (χ4n) is 4.14. The van der Waals surface area contributed by atoms with E-state index in [2.05, 4.69) is 27.1 Å². The average Bonchev–Trinajstić information content (AvgIpc) is 3.30. The number of benzene rings is 1. The molecule has 202 valence electrons. The highest BCUT2D eigenvalue weighted by Crippen LogP contribution is 2.33. The van der Waals surface area contributed by atoms with E-state index in [1.54, 1.807) is 18.2 Å². The molecule has 4 rings (SSSR count). The van der Waals surface area contributed by atoms with Crippen LogP contribution in [0.15, 0.2) is 35.0 Å². The molecule has 0 unspecified atom stereocenters. The van der Waals surface area contributed by atoms with Crippen LogP contribution in [0.25, 0.3) is 11.0 Å². The highest BCUT2D eigenvalue weighted by Gasteiger charge is 2.22. The molecule has 1 N–H and O–H groups in total. The van der Waals surface area contributed by atoms with Crippen LogP contribution < -0.4 is 10.1 Å². The van der Waals surface area contributed by atoms with Crippen molar-refractivity contribution >= 4 is 70.7 Å². The molecule has 1 aliphatic heterocycles. The third-order valence-corrected chi connectivity index (χ3v) is 6.87. The molecule has 37 heavy (non-hydrogen) atoms. The third kappa shape index (κ3) is 7.50. The Balaban J connectivity index is 0.00000241. The van der Waals surface area contributed by atoms with E-state index in [4.69, 9.17) is 32.4 Å². The molecule has 0 spiro atoms. The van der Waals surface area contributed by atoms with Gasteiger partial charge in [0, 0.05) is 68.1 Å². The monoisotopic (exact) mass is 590 g/mol. The number of hydrogen-bond acceptors (Lipinski definition) is 7. The minimum absolute atomic E-state index is 0. The molecule has 1 fully saturated rings. The number of methoxy groups -OCH3 is 1. The van der Waals surface area contributed by atoms with Crippen LogP contribution in [0.1, 0.15) is 32.9 Å². The summed E-state index contributed by atoms with van der Waals surface area (Å²) in [5, 5.41) is 4.05. The lowest BCUT2D eigenvalue weighted by Gasteiger charge is -2.32. The predicted molar refractivity (Wildman–Crippen MR) is 150 cm³/mol. The van der Waals surface area contributed by atoms with E-state index in [1.807, 2.05) is 0 Å². The van der Waals surface area contributed by atoms with Gasteiger partial charge in [-0.2, -0.15) is 0 Å². The zero-order chi connectivity index (χ0) is 24.9. The minimum atomic E-state index is -0.333. The number of nitrogens with zero attached hydrogens (tertiary/aromatic N) is 3. The van der Waals surface area contributed by atoms with Crippen molar-refractivity contribution in [3.05, 3.63) is 57.5 Å². The largest absolute Gasteiger partial charge is 0.493 e. The number of carbonyl (C=O) groups excluding carboxylic acids is 2. The van der Waals surface area contributed by atoms with E-state index >= 15 is 0 Å². The third-order valence-electron chi connectivity index (χ3n) is 6.21. The van der Waals surface area contributed by atoms with Gasteiger partial charge >= 0.3 is 0 Å². The van der Waals surface area contributed by atoms with E-state index in [9.17, 15) is 9.59 Å². The van der Waals surface area contributed by atoms with Gasteiger partial charge in [0.05, 0.1) is 17.2 Å². The van der Waals surface area contributed by atoms with E-state index in [1.165, 1.54) is 19.5 Å². The lowest BCUT2D eigenvalue weighted by Crippen LogP contribution is -2.45. The summed E-state index contributed by atoms with van der Waals surface area (Å²) < 4.78 is 11.2. The number of pyridine rings is 1. The van der Waals surface area contributed by atoms with Crippen LogP contribution in [0, 0.1) is 0 Å². The van der Waals surface area contributed by atoms with Crippen LogP contribution in [0.3, 0.4) is 0 Å². The van der Waals surface area contributed by atoms with Gasteiger partial charge in [0.1, 0.15) is 0 Å². The number of halogens is 4. The van der Waals surface area contributed by atoms with E-state index < -0.39 is 0 Å². The summed E-state index contributed by atoms with van der Waals surface area (Å²) in [6, 6.07) is 4.88. The van der Waals surface area contributed by atoms with Crippen molar-refractivity contribution in [1.82, 2.24) is 20.1 Å². The van der Waals surface area contributed by atoms with Crippen molar-refractivity contribution in [3.8, 4) is 5.75 Å². The maximum absolute atomic E-state index is 13.2. The second-order valence-electron chi connectivity index (χ2n) is 8.60. The Bertz CT molecular complexity index is 1210. The Morgan fingerprint density at radius 2 is 1.78 bits per heavy atom. The number of Topliss-reactive ketones (excluding diaryl/α,β-unsaturated/α-hetero) is 1. The molecule has 1 aromatic carbocycles. The van der Waals surface area contributed by atoms with Gasteiger partial charge in [-0.3, -0.25) is 14.6 Å². The number of nitrogens with one attached hydrogen (secondary N) is 1. The minimum Gasteiger partial charge on any atom is -0.493 e. The number of rotatable bonds is 9. The Morgan fingerprint density at radius 3 is 2.43 bits per heavy atom. The topological polar surface area (TPSA) is 87.9 Å². The van der Waals surface area contributed by atoms with Gasteiger partial charge < -0.3 is 24.3 Å². The van der Waals surface area contributed by atoms with Crippen molar-refractivity contribution in [2.75, 3.05) is 53.4 Å². The maximum atomic E-state index is 13.2. The highest BCUT2D eigenvalue weighted by molar-refractivity contribution is 6.36. The lowest BCUT2D eigenvalue weighted by atomic mass is 10.00. The molecule has 3 aromatic rings. The fraction of sp³-hybridized carbons (Fsp3) is 0.400. The first-order chi connectivity index (χ1) is 16.9. The number of likely N-dealkylation sites (N-methyl/N-ethyl adjacent to an activating group) is 1. The van der Waals surface area contributed by atoms with Crippen LogP contribution in [0.2, 0.25) is 10.0 Å². The number of ether oxygens (including phenoxy) is 1. The summed E-state index contributed by atoms with van der Waals surface area (Å²) in [4.78, 5) is 34.6. The first kappa shape index (κ1) is 31.1. The number of fused-ring (bicyclic) bond motifs is 1. The average molecular weight is 592 g/mol. The molecule has 0 aliphatic carbocycles. The molecule has 3 heterocycles. The Hall–Kier alpha value is -2.07. The second-order valence-corrected chi connectivity index (χ2v) is 9.42. The van der Waals surface area contributed by atoms with Gasteiger partial charge in [0.25, 0.3) is 5.91 Å². The van der Waals surface area contributed by atoms with Gasteiger partial charge in [-0.1, -0.05) is 23.2 Å². The number of aromatic nitrogens is 1. The summed E-state index contributed by atoms with van der Waals surface area (Å²) in [6.07, 6.45) is 3.73. The lowest BCUT2D eigenvalue weighted by molar-refractivity contribution is 0.0923. The fourth-order valence-corrected chi connectivity index (χ4v) is 4.64. The van der Waals surface area contributed by atoms with Crippen molar-refractivity contribution in [3.63, 3.8) is 0 Å². The van der Waals surface area contributed by atoms with Crippen molar-refractivity contribution in [2.24, 2.45) is 0 Å². The van der Waals surface area contributed by atoms with E-state index in [0.29, 0.717) is 44.4 Å². The Labute approximate surface area is 238 Å². The molecule has 0 bridgehead atoms. The molecule has 8 nitrogen and oxygen atoms in total. The molecular weight excluding hydrogens is 562 g/mol. The first-order valence-corrected chi connectivity index (χ1v) is 12.2. The van der Waals surface area contributed by atoms with Gasteiger partial charge in [-0.15, -0.1) is 24.8 Å². The number of carbonyl (C=O) groups is 2. The standard InChI is InChI=1S/C25H28Cl2N4O4.2ClH/c1-30-8-10-31(11-9-30)7-3-6-29-25(33)23-13-17-16(4-5-22(34-2)24(17)35-23)21(32)12-18-19(26)14-28-15-20(18)27;;/h4-5,13-15H,3,6-12H2,1-2H3,(H,29,33);2*1H. The highest BCUT2D eigenvalue weighted by atomic mass is 35.5. The molecular formula is C25H30Cl4N4O4. The van der Waals surface area contributed by atoms with Crippen LogP contribution in [0.5, 0.6) is 5.75 Å². The zero-order valence-electron chi connectivity index (χ0n) is 20.6. The Kier molecular flexibility index (Phi) is 11.9. The molecule has 0 atom stereocenters. The van der Waals surface area contributed by atoms with Gasteiger partial charge in [0.15, 0.2) is 22.9 Å². The van der Waals surface area contributed by atoms with Crippen LogP contribution in [-0.2, 0) is 6.42 Å². The van der Waals surface area contributed by atoms with Crippen LogP contribution >= 0.6 is 48.0 Å². The molecule has 1 aliphatic rings. The van der Waals surface area contributed by atoms with Crippen molar-refractivity contribution in [2.45, 2.75) is 12.8 Å². The molecule has 0 saturated carbocycles. The second kappa shape index (κ2) is 14.2. The summed E-state index contributed by atoms with van der Waals surface area (Å²) >= 11 is 12.4. The number of piperazine rings is 1. The smallest absolute Gasteiger partial charge is 0.287 e.